The Bertz CT molecular complexity index is 471. The van der Waals surface area contributed by atoms with Gasteiger partial charge in [0.15, 0.2) is 0 Å². The second-order valence-corrected chi connectivity index (χ2v) is 5.78. The SMILES string of the molecule is C#CCNC(=O)[C@@H](C)Sc1cc(Br)ccc1OC. The summed E-state index contributed by atoms with van der Waals surface area (Å²) in [6, 6.07) is 5.68. The zero-order valence-corrected chi connectivity index (χ0v) is 12.6. The smallest absolute Gasteiger partial charge is 0.233 e. The lowest BCUT2D eigenvalue weighted by atomic mass is 10.3. The summed E-state index contributed by atoms with van der Waals surface area (Å²) in [4.78, 5) is 12.6. The van der Waals surface area contributed by atoms with Crippen LogP contribution < -0.4 is 10.1 Å². The van der Waals surface area contributed by atoms with Gasteiger partial charge in [-0.2, -0.15) is 0 Å². The Kier molecular flexibility index (Phi) is 6.10. The standard InChI is InChI=1S/C13H14BrNO2S/c1-4-7-15-13(16)9(2)18-12-8-10(14)5-6-11(12)17-3/h1,5-6,8-9H,7H2,2-3H3,(H,15,16)/t9-/m1/s1. The summed E-state index contributed by atoms with van der Waals surface area (Å²) in [5, 5.41) is 2.42. The van der Waals surface area contributed by atoms with Gasteiger partial charge in [-0.1, -0.05) is 21.9 Å². The zero-order valence-electron chi connectivity index (χ0n) is 10.2. The minimum atomic E-state index is -0.235. The van der Waals surface area contributed by atoms with E-state index in [1.165, 1.54) is 11.8 Å². The number of methoxy groups -OCH3 is 1. The number of hydrogen-bond donors (Lipinski definition) is 1. The Morgan fingerprint density at radius 3 is 3.00 bits per heavy atom. The maximum absolute atomic E-state index is 11.7. The summed E-state index contributed by atoms with van der Waals surface area (Å²) in [5.41, 5.74) is 0. The van der Waals surface area contributed by atoms with Crippen LogP contribution in [0, 0.1) is 12.3 Å². The molecule has 0 aliphatic heterocycles. The van der Waals surface area contributed by atoms with Gasteiger partial charge in [0.25, 0.3) is 0 Å². The van der Waals surface area contributed by atoms with Gasteiger partial charge in [0, 0.05) is 4.47 Å². The number of carbonyl (C=O) groups excluding carboxylic acids is 1. The van der Waals surface area contributed by atoms with Gasteiger partial charge in [0.05, 0.1) is 23.8 Å². The number of thioether (sulfide) groups is 1. The minimum absolute atomic E-state index is 0.0834. The van der Waals surface area contributed by atoms with E-state index >= 15 is 0 Å². The maximum atomic E-state index is 11.7. The first-order chi connectivity index (χ1) is 8.58. The van der Waals surface area contributed by atoms with E-state index < -0.39 is 0 Å². The quantitative estimate of drug-likeness (QED) is 0.667. The highest BCUT2D eigenvalue weighted by molar-refractivity contribution is 9.10. The van der Waals surface area contributed by atoms with E-state index in [2.05, 4.69) is 27.2 Å². The van der Waals surface area contributed by atoms with Crippen LogP contribution in [0.1, 0.15) is 6.92 Å². The summed E-state index contributed by atoms with van der Waals surface area (Å²) < 4.78 is 6.20. The molecular formula is C13H14BrNO2S. The molecule has 0 bridgehead atoms. The molecular weight excluding hydrogens is 314 g/mol. The van der Waals surface area contributed by atoms with Crippen molar-refractivity contribution in [3.8, 4) is 18.1 Å². The maximum Gasteiger partial charge on any atom is 0.233 e. The summed E-state index contributed by atoms with van der Waals surface area (Å²) in [6.07, 6.45) is 5.10. The van der Waals surface area contributed by atoms with Crippen molar-refractivity contribution in [2.45, 2.75) is 17.1 Å². The fourth-order valence-electron chi connectivity index (χ4n) is 1.27. The van der Waals surface area contributed by atoms with Crippen LogP contribution in [0.2, 0.25) is 0 Å². The van der Waals surface area contributed by atoms with Crippen molar-refractivity contribution in [3.05, 3.63) is 22.7 Å². The van der Waals surface area contributed by atoms with Crippen LogP contribution in [0.25, 0.3) is 0 Å². The third-order valence-corrected chi connectivity index (χ3v) is 3.80. The molecule has 1 amide bonds. The van der Waals surface area contributed by atoms with Crippen molar-refractivity contribution in [3.63, 3.8) is 0 Å². The number of ether oxygens (including phenoxy) is 1. The highest BCUT2D eigenvalue weighted by Crippen LogP contribution is 2.34. The molecule has 0 heterocycles. The zero-order chi connectivity index (χ0) is 13.5. The Hall–Kier alpha value is -1.12. The van der Waals surface area contributed by atoms with Gasteiger partial charge in [-0.05, 0) is 25.1 Å². The molecule has 1 N–H and O–H groups in total. The van der Waals surface area contributed by atoms with Crippen LogP contribution in [0.15, 0.2) is 27.6 Å². The second kappa shape index (κ2) is 7.34. The molecule has 0 saturated carbocycles. The molecule has 3 nitrogen and oxygen atoms in total. The molecule has 18 heavy (non-hydrogen) atoms. The highest BCUT2D eigenvalue weighted by atomic mass is 79.9. The molecule has 5 heteroatoms. The molecule has 0 saturated heterocycles. The van der Waals surface area contributed by atoms with Gasteiger partial charge < -0.3 is 10.1 Å². The van der Waals surface area contributed by atoms with E-state index in [4.69, 9.17) is 11.2 Å². The monoisotopic (exact) mass is 327 g/mol. The molecule has 1 aromatic carbocycles. The third-order valence-electron chi connectivity index (χ3n) is 2.16. The fraction of sp³-hybridized carbons (Fsp3) is 0.308. The summed E-state index contributed by atoms with van der Waals surface area (Å²) in [5.74, 6) is 3.04. The first-order valence-corrected chi connectivity index (χ1v) is 6.97. The van der Waals surface area contributed by atoms with Crippen molar-refractivity contribution in [2.75, 3.05) is 13.7 Å². The Labute approximate surface area is 120 Å². The van der Waals surface area contributed by atoms with Crippen LogP contribution >= 0.6 is 27.7 Å². The van der Waals surface area contributed by atoms with Gasteiger partial charge in [0.1, 0.15) is 5.75 Å². The average molecular weight is 328 g/mol. The molecule has 0 aromatic heterocycles. The van der Waals surface area contributed by atoms with Gasteiger partial charge in [0.2, 0.25) is 5.91 Å². The van der Waals surface area contributed by atoms with Crippen LogP contribution in [0.3, 0.4) is 0 Å². The van der Waals surface area contributed by atoms with Crippen LogP contribution in [0.4, 0.5) is 0 Å². The number of terminal acetylenes is 1. The number of halogens is 1. The topological polar surface area (TPSA) is 38.3 Å². The van der Waals surface area contributed by atoms with Gasteiger partial charge in [-0.3, -0.25) is 4.79 Å². The van der Waals surface area contributed by atoms with Gasteiger partial charge in [-0.25, -0.2) is 0 Å². The Morgan fingerprint density at radius 2 is 2.39 bits per heavy atom. The predicted octanol–water partition coefficient (Wildman–Crippen LogP) is 2.69. The van der Waals surface area contributed by atoms with E-state index in [0.717, 1.165) is 15.1 Å². The summed E-state index contributed by atoms with van der Waals surface area (Å²) in [7, 11) is 1.61. The molecule has 1 aromatic rings. The largest absolute Gasteiger partial charge is 0.496 e. The molecule has 96 valence electrons. The molecule has 1 rings (SSSR count). The van der Waals surface area contributed by atoms with Crippen molar-refractivity contribution >= 4 is 33.6 Å². The van der Waals surface area contributed by atoms with Crippen LogP contribution in [0.5, 0.6) is 5.75 Å². The molecule has 0 radical (unpaired) electrons. The molecule has 0 aliphatic carbocycles. The van der Waals surface area contributed by atoms with Gasteiger partial charge in [-0.15, -0.1) is 18.2 Å². The molecule has 1 atom stereocenters. The number of hydrogen-bond acceptors (Lipinski definition) is 3. The predicted molar refractivity (Wildman–Crippen MR) is 77.9 cm³/mol. The number of nitrogens with one attached hydrogen (secondary N) is 1. The van der Waals surface area contributed by atoms with Crippen LogP contribution in [-0.4, -0.2) is 24.8 Å². The summed E-state index contributed by atoms with van der Waals surface area (Å²) in [6.45, 7) is 2.08. The molecule has 0 spiro atoms. The summed E-state index contributed by atoms with van der Waals surface area (Å²) >= 11 is 4.83. The average Bonchev–Trinajstić information content (AvgIpc) is 2.36. The van der Waals surface area contributed by atoms with Crippen molar-refractivity contribution < 1.29 is 9.53 Å². The van der Waals surface area contributed by atoms with Crippen molar-refractivity contribution in [1.29, 1.82) is 0 Å². The normalized spacial score (nSPS) is 11.4. The first-order valence-electron chi connectivity index (χ1n) is 5.30. The van der Waals surface area contributed by atoms with Gasteiger partial charge >= 0.3 is 0 Å². The lowest BCUT2D eigenvalue weighted by molar-refractivity contribution is -0.120. The van der Waals surface area contributed by atoms with E-state index in [-0.39, 0.29) is 17.7 Å². The molecule has 0 unspecified atom stereocenters. The fourth-order valence-corrected chi connectivity index (χ4v) is 2.81. The number of amides is 1. The lowest BCUT2D eigenvalue weighted by Crippen LogP contribution is -2.31. The first kappa shape index (κ1) is 14.9. The number of benzene rings is 1. The molecule has 0 aliphatic rings. The minimum Gasteiger partial charge on any atom is -0.496 e. The Morgan fingerprint density at radius 1 is 1.67 bits per heavy atom. The number of carbonyl (C=O) groups is 1. The third kappa shape index (κ3) is 4.28. The van der Waals surface area contributed by atoms with E-state index in [1.807, 2.05) is 25.1 Å². The van der Waals surface area contributed by atoms with E-state index in [0.29, 0.717) is 0 Å². The molecule has 0 fully saturated rings. The highest BCUT2D eigenvalue weighted by Gasteiger charge is 2.16. The van der Waals surface area contributed by atoms with Crippen molar-refractivity contribution in [1.82, 2.24) is 5.32 Å². The second-order valence-electron chi connectivity index (χ2n) is 3.48. The van der Waals surface area contributed by atoms with Crippen molar-refractivity contribution in [2.24, 2.45) is 0 Å². The van der Waals surface area contributed by atoms with Crippen LogP contribution in [-0.2, 0) is 4.79 Å². The number of rotatable bonds is 5. The Balaban J connectivity index is 2.75. The van der Waals surface area contributed by atoms with E-state index in [1.54, 1.807) is 7.11 Å². The van der Waals surface area contributed by atoms with E-state index in [9.17, 15) is 4.79 Å². The lowest BCUT2D eigenvalue weighted by Gasteiger charge is -2.13.